The van der Waals surface area contributed by atoms with E-state index in [1.807, 2.05) is 6.92 Å². The van der Waals surface area contributed by atoms with Crippen molar-refractivity contribution in [2.24, 2.45) is 29.6 Å². The molecule has 232 valence electrons. The summed E-state index contributed by atoms with van der Waals surface area (Å²) in [6, 6.07) is 8.84. The van der Waals surface area contributed by atoms with Gasteiger partial charge in [-0.3, -0.25) is 9.59 Å². The summed E-state index contributed by atoms with van der Waals surface area (Å²) in [5.41, 5.74) is 0.424. The van der Waals surface area contributed by atoms with Gasteiger partial charge >= 0.3 is 5.97 Å². The van der Waals surface area contributed by atoms with Crippen LogP contribution in [0.1, 0.15) is 44.6 Å². The van der Waals surface area contributed by atoms with Gasteiger partial charge in [0.1, 0.15) is 11.0 Å². The van der Waals surface area contributed by atoms with Crippen LogP contribution in [0.3, 0.4) is 0 Å². The van der Waals surface area contributed by atoms with Gasteiger partial charge in [0.15, 0.2) is 0 Å². The molecule has 9 nitrogen and oxygen atoms in total. The number of aromatic nitrogens is 1. The first-order valence-electron chi connectivity index (χ1n) is 14.8. The average Bonchev–Trinajstić information content (AvgIpc) is 3.34. The summed E-state index contributed by atoms with van der Waals surface area (Å²) in [4.78, 5) is 31.7. The van der Waals surface area contributed by atoms with E-state index < -0.39 is 33.8 Å². The van der Waals surface area contributed by atoms with Crippen LogP contribution < -0.4 is 9.80 Å². The Hall–Kier alpha value is -2.83. The summed E-state index contributed by atoms with van der Waals surface area (Å²) < 4.78 is 60.0. The lowest BCUT2D eigenvalue weighted by Crippen LogP contribution is -2.49. The fourth-order valence-corrected chi connectivity index (χ4v) is 9.10. The van der Waals surface area contributed by atoms with E-state index in [1.54, 1.807) is 21.9 Å². The van der Waals surface area contributed by atoms with Crippen molar-refractivity contribution in [2.75, 3.05) is 42.5 Å². The number of rotatable bonds is 7. The minimum atomic E-state index is -3.81. The van der Waals surface area contributed by atoms with Gasteiger partial charge in [-0.05, 0) is 79.8 Å². The molecule has 5 atom stereocenters. The Labute approximate surface area is 254 Å². The van der Waals surface area contributed by atoms with E-state index >= 15 is 8.78 Å². The molecule has 0 spiro atoms. The van der Waals surface area contributed by atoms with Gasteiger partial charge in [0.05, 0.1) is 10.8 Å². The van der Waals surface area contributed by atoms with Crippen LogP contribution in [0, 0.1) is 29.6 Å². The summed E-state index contributed by atoms with van der Waals surface area (Å²) in [6.45, 7) is 3.35. The largest absolute Gasteiger partial charge is 0.481 e. The smallest absolute Gasteiger partial charge is 0.306 e. The van der Waals surface area contributed by atoms with Gasteiger partial charge in [0, 0.05) is 56.3 Å². The number of alkyl halides is 2. The molecule has 7 rings (SSSR count). The highest BCUT2D eigenvalue weighted by Gasteiger charge is 2.54. The number of fused-ring (bicyclic) bond motifs is 3. The molecule has 5 fully saturated rings. The lowest BCUT2D eigenvalue weighted by atomic mass is 9.58. The second-order valence-corrected chi connectivity index (χ2v) is 14.8. The number of pyridine rings is 1. The number of benzene rings is 1. The number of piperazine rings is 1. The second kappa shape index (κ2) is 11.3. The van der Waals surface area contributed by atoms with Crippen LogP contribution in [-0.4, -0.2) is 67.4 Å². The maximum absolute atomic E-state index is 16.0. The van der Waals surface area contributed by atoms with Crippen LogP contribution in [-0.2, 0) is 25.5 Å². The Morgan fingerprint density at radius 1 is 1.05 bits per heavy atom. The predicted octanol–water partition coefficient (Wildman–Crippen LogP) is 4.85. The van der Waals surface area contributed by atoms with Crippen molar-refractivity contribution in [1.29, 1.82) is 0 Å². The van der Waals surface area contributed by atoms with Gasteiger partial charge in [-0.1, -0.05) is 18.5 Å². The molecule has 1 amide bonds. The van der Waals surface area contributed by atoms with Gasteiger partial charge in [0.2, 0.25) is 15.9 Å². The number of hydrogen-bond donors (Lipinski definition) is 1. The van der Waals surface area contributed by atoms with Crippen LogP contribution >= 0.6 is 11.6 Å². The number of carbonyl (C=O) groups excluding carboxylic acids is 1. The average molecular weight is 637 g/mol. The molecule has 4 unspecified atom stereocenters. The third kappa shape index (κ3) is 5.62. The van der Waals surface area contributed by atoms with Gasteiger partial charge in [-0.2, -0.15) is 4.31 Å². The highest BCUT2D eigenvalue weighted by Crippen LogP contribution is 2.56. The molecule has 1 N–H and O–H groups in total. The molecule has 43 heavy (non-hydrogen) atoms. The van der Waals surface area contributed by atoms with Gasteiger partial charge in [0.25, 0.3) is 5.92 Å². The van der Waals surface area contributed by atoms with E-state index in [1.165, 1.54) is 28.6 Å². The van der Waals surface area contributed by atoms with E-state index in [-0.39, 0.29) is 84.1 Å². The minimum Gasteiger partial charge on any atom is -0.481 e. The fourth-order valence-electron chi connectivity index (χ4n) is 7.47. The number of amides is 1. The van der Waals surface area contributed by atoms with Crippen LogP contribution in [0.15, 0.2) is 41.3 Å². The molecule has 0 radical (unpaired) electrons. The summed E-state index contributed by atoms with van der Waals surface area (Å²) in [5, 5.41) is 9.44. The lowest BCUT2D eigenvalue weighted by molar-refractivity contribution is -0.163. The lowest BCUT2D eigenvalue weighted by Gasteiger charge is -2.48. The molecule has 5 aliphatic rings. The van der Waals surface area contributed by atoms with Crippen molar-refractivity contribution < 1.29 is 31.9 Å². The van der Waals surface area contributed by atoms with Crippen LogP contribution in [0.25, 0.3) is 0 Å². The van der Waals surface area contributed by atoms with Crippen LogP contribution in [0.2, 0.25) is 5.15 Å². The highest BCUT2D eigenvalue weighted by molar-refractivity contribution is 7.89. The number of carboxylic acids is 1. The Balaban J connectivity index is 1.13. The molecule has 1 aromatic carbocycles. The first-order valence-corrected chi connectivity index (χ1v) is 16.6. The molecule has 2 bridgehead atoms. The predicted molar refractivity (Wildman–Crippen MR) is 157 cm³/mol. The maximum atomic E-state index is 16.0. The summed E-state index contributed by atoms with van der Waals surface area (Å²) in [7, 11) is -3.81. The number of nitrogens with zero attached hydrogens (tertiary/aromatic N) is 4. The van der Waals surface area contributed by atoms with E-state index in [0.717, 1.165) is 0 Å². The van der Waals surface area contributed by atoms with E-state index in [4.69, 9.17) is 11.6 Å². The molecule has 3 heterocycles. The first-order chi connectivity index (χ1) is 20.3. The fraction of sp³-hybridized carbons (Fsp3) is 0.567. The van der Waals surface area contributed by atoms with Gasteiger partial charge in [-0.25, -0.2) is 22.2 Å². The van der Waals surface area contributed by atoms with Crippen molar-refractivity contribution in [3.63, 3.8) is 0 Å². The van der Waals surface area contributed by atoms with E-state index in [2.05, 4.69) is 4.98 Å². The van der Waals surface area contributed by atoms with Crippen LogP contribution in [0.4, 0.5) is 20.3 Å². The standard InChI is InChI=1S/C30H35ClF2N4O5S/c1-18-12-28(38)37(17-18)22-4-6-23(7-5-22)43(41,42)36-10-8-35(9-11-36)27-16-21(15-26(31)34-27)30(32,33)25-14-19-2-3-20(25)13-24(19)29(39)40/h4-7,15-16,18-20,24-25H,2-3,8-14,17H2,1H3,(H,39,40)/t18-,19?,20?,24?,25?/m1/s1. The molecule has 2 aliphatic heterocycles. The maximum Gasteiger partial charge on any atom is 0.306 e. The molecule has 2 saturated heterocycles. The zero-order chi connectivity index (χ0) is 30.7. The summed E-state index contributed by atoms with van der Waals surface area (Å²) >= 11 is 6.24. The van der Waals surface area contributed by atoms with E-state index in [9.17, 15) is 23.1 Å². The topological polar surface area (TPSA) is 111 Å². The number of halogens is 3. The molecular weight excluding hydrogens is 602 g/mol. The van der Waals surface area contributed by atoms with Crippen molar-refractivity contribution in [3.05, 3.63) is 47.1 Å². The zero-order valence-electron chi connectivity index (χ0n) is 23.8. The van der Waals surface area contributed by atoms with E-state index in [0.29, 0.717) is 31.5 Å². The highest BCUT2D eigenvalue weighted by atomic mass is 35.5. The summed E-state index contributed by atoms with van der Waals surface area (Å²) in [5.74, 6) is -5.74. The van der Waals surface area contributed by atoms with Gasteiger partial charge in [-0.15, -0.1) is 0 Å². The molecule has 3 aliphatic carbocycles. The molecule has 3 saturated carbocycles. The number of hydrogen-bond acceptors (Lipinski definition) is 6. The molecular formula is C30H35ClF2N4O5S. The Morgan fingerprint density at radius 2 is 1.72 bits per heavy atom. The van der Waals surface area contributed by atoms with Crippen molar-refractivity contribution >= 4 is 45.0 Å². The zero-order valence-corrected chi connectivity index (χ0v) is 25.4. The third-order valence-corrected chi connectivity index (χ3v) is 11.9. The van der Waals surface area contributed by atoms with Crippen molar-refractivity contribution in [1.82, 2.24) is 9.29 Å². The Bertz CT molecular complexity index is 1520. The Morgan fingerprint density at radius 3 is 2.30 bits per heavy atom. The van der Waals surface area contributed by atoms with Crippen molar-refractivity contribution in [2.45, 2.75) is 49.8 Å². The molecule has 2 aromatic rings. The summed E-state index contributed by atoms with van der Waals surface area (Å²) in [6.07, 6.45) is 2.15. The number of carbonyl (C=O) groups is 2. The van der Waals surface area contributed by atoms with Gasteiger partial charge < -0.3 is 14.9 Å². The molecule has 13 heteroatoms. The Kier molecular flexibility index (Phi) is 7.91. The minimum absolute atomic E-state index is 0.0209. The first kappa shape index (κ1) is 30.2. The number of anilines is 2. The van der Waals surface area contributed by atoms with Crippen LogP contribution in [0.5, 0.6) is 0 Å². The molecule has 1 aromatic heterocycles. The second-order valence-electron chi connectivity index (χ2n) is 12.5. The van der Waals surface area contributed by atoms with Crippen molar-refractivity contribution in [3.8, 4) is 0 Å². The third-order valence-electron chi connectivity index (χ3n) is 9.78. The monoisotopic (exact) mass is 636 g/mol. The number of aliphatic carboxylic acids is 1. The SMILES string of the molecule is C[C@@H]1CC(=O)N(c2ccc(S(=O)(=O)N3CCN(c4cc(C(F)(F)C5CC6CCC5CC6C(=O)O)cc(Cl)n4)CC3)cc2)C1. The normalized spacial score (nSPS) is 28.5. The number of carboxylic acid groups (broad SMARTS) is 1. The quantitative estimate of drug-likeness (QED) is 0.433. The number of sulfonamides is 1.